The molecule has 1 aromatic carbocycles. The largest absolute Gasteiger partial charge is 0.465 e. The summed E-state index contributed by atoms with van der Waals surface area (Å²) in [7, 11) is 0. The van der Waals surface area contributed by atoms with E-state index in [1.54, 1.807) is 0 Å². The molecule has 3 fully saturated rings. The van der Waals surface area contributed by atoms with Gasteiger partial charge in [0, 0.05) is 12.1 Å². The molecule has 3 aliphatic rings. The summed E-state index contributed by atoms with van der Waals surface area (Å²) in [5.74, 6) is 0. The highest BCUT2D eigenvalue weighted by molar-refractivity contribution is 5.85. The minimum absolute atomic E-state index is 0. The number of carboxylic acid groups (broad SMARTS) is 1. The lowest BCUT2D eigenvalue weighted by atomic mass is 9.60. The first-order chi connectivity index (χ1) is 10.0. The number of carbonyl (C=O) groups is 1. The number of rotatable bonds is 4. The van der Waals surface area contributed by atoms with E-state index in [9.17, 15) is 9.90 Å². The third-order valence-corrected chi connectivity index (χ3v) is 5.19. The zero-order valence-electron chi connectivity index (χ0n) is 12.4. The number of hydrogen-bond acceptors (Lipinski definition) is 3. The van der Waals surface area contributed by atoms with E-state index in [4.69, 9.17) is 5.11 Å². The maximum atomic E-state index is 10.9. The quantitative estimate of drug-likeness (QED) is 0.684. The number of aliphatic hydroxyl groups is 1. The van der Waals surface area contributed by atoms with E-state index in [-0.39, 0.29) is 17.9 Å². The van der Waals surface area contributed by atoms with Crippen molar-refractivity contribution in [2.24, 2.45) is 0 Å². The molecule has 0 spiro atoms. The molecule has 5 nitrogen and oxygen atoms in total. The number of hydrogen-bond donors (Lipinski definition) is 4. The average Bonchev–Trinajstić information content (AvgIpc) is 2.48. The molecule has 3 aliphatic carbocycles. The zero-order valence-corrected chi connectivity index (χ0v) is 13.2. The first-order valence-corrected chi connectivity index (χ1v) is 7.52. The Bertz CT molecular complexity index is 515. The third-order valence-electron chi connectivity index (χ3n) is 5.19. The first kappa shape index (κ1) is 17.1. The van der Waals surface area contributed by atoms with Crippen LogP contribution in [-0.4, -0.2) is 33.5 Å². The number of benzene rings is 1. The van der Waals surface area contributed by atoms with Crippen LogP contribution in [0.5, 0.6) is 0 Å². The molecule has 0 unspecified atom stereocenters. The van der Waals surface area contributed by atoms with Gasteiger partial charge in [-0.2, -0.15) is 0 Å². The first-order valence-electron chi connectivity index (χ1n) is 7.52. The van der Waals surface area contributed by atoms with Crippen LogP contribution < -0.4 is 10.6 Å². The summed E-state index contributed by atoms with van der Waals surface area (Å²) >= 11 is 0. The highest BCUT2D eigenvalue weighted by atomic mass is 35.5. The molecule has 6 heteroatoms. The van der Waals surface area contributed by atoms with Crippen molar-refractivity contribution in [1.82, 2.24) is 10.6 Å². The predicted octanol–water partition coefficient (Wildman–Crippen LogP) is 2.28. The lowest BCUT2D eigenvalue weighted by molar-refractivity contribution is -0.0594. The minimum atomic E-state index is -1.04. The summed E-state index contributed by atoms with van der Waals surface area (Å²) < 4.78 is 0. The van der Waals surface area contributed by atoms with Gasteiger partial charge < -0.3 is 20.8 Å². The summed E-state index contributed by atoms with van der Waals surface area (Å²) in [5.41, 5.74) is 0.534. The zero-order chi connectivity index (χ0) is 14.9. The Balaban J connectivity index is 0.00000176. The smallest absolute Gasteiger partial charge is 0.405 e. The van der Waals surface area contributed by atoms with E-state index in [0.717, 1.165) is 19.4 Å². The molecule has 0 aliphatic heterocycles. The summed E-state index contributed by atoms with van der Waals surface area (Å²) in [6.07, 6.45) is 2.15. The Morgan fingerprint density at radius 2 is 1.82 bits per heavy atom. The molecule has 2 bridgehead atoms. The average molecular weight is 327 g/mol. The van der Waals surface area contributed by atoms with E-state index in [1.807, 2.05) is 18.2 Å². The van der Waals surface area contributed by atoms with Gasteiger partial charge in [-0.05, 0) is 37.7 Å². The Hall–Kier alpha value is -1.30. The lowest BCUT2D eigenvalue weighted by Gasteiger charge is -2.56. The van der Waals surface area contributed by atoms with Gasteiger partial charge in [0.1, 0.15) is 0 Å². The van der Waals surface area contributed by atoms with Gasteiger partial charge in [-0.15, -0.1) is 12.4 Å². The lowest BCUT2D eigenvalue weighted by Crippen LogP contribution is -2.69. The van der Waals surface area contributed by atoms with Crippen LogP contribution in [-0.2, 0) is 6.54 Å². The molecule has 4 rings (SSSR count). The fraction of sp³-hybridized carbons (Fsp3) is 0.562. The van der Waals surface area contributed by atoms with Gasteiger partial charge in [0.2, 0.25) is 0 Å². The van der Waals surface area contributed by atoms with Gasteiger partial charge in [-0.1, -0.05) is 30.3 Å². The molecule has 122 valence electrons. The molecule has 1 atom stereocenters. The molecular formula is C16H23ClN2O3. The van der Waals surface area contributed by atoms with Crippen LogP contribution in [0.15, 0.2) is 30.3 Å². The van der Waals surface area contributed by atoms with Gasteiger partial charge in [0.25, 0.3) is 0 Å². The minimum Gasteiger partial charge on any atom is -0.465 e. The Labute approximate surface area is 136 Å². The molecule has 0 radical (unpaired) electrons. The van der Waals surface area contributed by atoms with Crippen molar-refractivity contribution in [2.75, 3.05) is 0 Å². The van der Waals surface area contributed by atoms with Crippen molar-refractivity contribution in [3.05, 3.63) is 35.9 Å². The van der Waals surface area contributed by atoms with Gasteiger partial charge in [0.05, 0.1) is 11.6 Å². The third kappa shape index (κ3) is 3.21. The van der Waals surface area contributed by atoms with E-state index in [0.29, 0.717) is 19.3 Å². The number of amides is 1. The molecule has 1 aromatic rings. The molecule has 0 aromatic heterocycles. The molecular weight excluding hydrogens is 304 g/mol. The number of halogens is 1. The predicted molar refractivity (Wildman–Crippen MR) is 86.2 cm³/mol. The van der Waals surface area contributed by atoms with Crippen LogP contribution >= 0.6 is 12.4 Å². The molecule has 4 N–H and O–H groups in total. The van der Waals surface area contributed by atoms with E-state index < -0.39 is 17.7 Å². The van der Waals surface area contributed by atoms with Crippen molar-refractivity contribution in [2.45, 2.75) is 55.8 Å². The second kappa shape index (κ2) is 6.44. The van der Waals surface area contributed by atoms with Crippen LogP contribution in [0, 0.1) is 0 Å². The fourth-order valence-corrected chi connectivity index (χ4v) is 3.83. The summed E-state index contributed by atoms with van der Waals surface area (Å²) in [4.78, 5) is 10.9. The number of aliphatic hydroxyl groups excluding tert-OH is 1. The van der Waals surface area contributed by atoms with Crippen molar-refractivity contribution >= 4 is 18.5 Å². The van der Waals surface area contributed by atoms with Crippen molar-refractivity contribution in [3.63, 3.8) is 0 Å². The van der Waals surface area contributed by atoms with Crippen molar-refractivity contribution < 1.29 is 15.0 Å². The van der Waals surface area contributed by atoms with Crippen LogP contribution in [0.4, 0.5) is 4.79 Å². The molecule has 22 heavy (non-hydrogen) atoms. The maximum Gasteiger partial charge on any atom is 0.405 e. The van der Waals surface area contributed by atoms with Gasteiger partial charge >= 0.3 is 6.09 Å². The topological polar surface area (TPSA) is 81.6 Å². The highest BCUT2D eigenvalue weighted by Gasteiger charge is 2.54. The van der Waals surface area contributed by atoms with Crippen molar-refractivity contribution in [1.29, 1.82) is 0 Å². The highest BCUT2D eigenvalue weighted by Crippen LogP contribution is 2.47. The van der Waals surface area contributed by atoms with E-state index >= 15 is 0 Å². The molecule has 3 saturated carbocycles. The fourth-order valence-electron chi connectivity index (χ4n) is 3.83. The summed E-state index contributed by atoms with van der Waals surface area (Å²) in [5, 5.41) is 25.5. The van der Waals surface area contributed by atoms with Crippen LogP contribution in [0.2, 0.25) is 0 Å². The second-order valence-electron chi connectivity index (χ2n) is 6.43. The number of fused-ring (bicyclic) bond motifs is 3. The molecule has 1 amide bonds. The monoisotopic (exact) mass is 326 g/mol. The SMILES string of the molecule is Cl.O=C(O)NC12CCC(NCc3ccccc3)(CC1)C[C@@H]2O. The van der Waals surface area contributed by atoms with Crippen LogP contribution in [0.25, 0.3) is 0 Å². The van der Waals surface area contributed by atoms with E-state index in [2.05, 4.69) is 22.8 Å². The Morgan fingerprint density at radius 3 is 2.36 bits per heavy atom. The van der Waals surface area contributed by atoms with Gasteiger partial charge in [-0.3, -0.25) is 0 Å². The number of nitrogens with one attached hydrogen (secondary N) is 2. The Kier molecular flexibility index (Phi) is 5.00. The summed E-state index contributed by atoms with van der Waals surface area (Å²) in [6, 6.07) is 10.2. The van der Waals surface area contributed by atoms with Crippen LogP contribution in [0.3, 0.4) is 0 Å². The van der Waals surface area contributed by atoms with Gasteiger partial charge in [0.15, 0.2) is 0 Å². The molecule has 0 saturated heterocycles. The van der Waals surface area contributed by atoms with E-state index in [1.165, 1.54) is 5.56 Å². The molecule has 0 heterocycles. The normalized spacial score (nSPS) is 33.0. The standard InChI is InChI=1S/C16H22N2O3.ClH/c19-13-10-15(17-11-12-4-2-1-3-5-12)6-8-16(13,9-7-15)18-14(20)21;/h1-5,13,17-19H,6-11H2,(H,20,21);1H/t13-,15?,16?;/m0./s1. The Morgan fingerprint density at radius 1 is 1.18 bits per heavy atom. The van der Waals surface area contributed by atoms with Crippen molar-refractivity contribution in [3.8, 4) is 0 Å². The van der Waals surface area contributed by atoms with Crippen LogP contribution in [0.1, 0.15) is 37.7 Å². The van der Waals surface area contributed by atoms with Gasteiger partial charge in [-0.25, -0.2) is 4.79 Å². The summed E-state index contributed by atoms with van der Waals surface area (Å²) in [6.45, 7) is 0.785. The second-order valence-corrected chi connectivity index (χ2v) is 6.43. The maximum absolute atomic E-state index is 10.9.